The number of fused-ring (bicyclic) bond motifs is 1. The van der Waals surface area contributed by atoms with Crippen molar-refractivity contribution in [1.29, 1.82) is 0 Å². The molecular formula is C21H21FN2O4. The average Bonchev–Trinajstić information content (AvgIpc) is 3.03. The van der Waals surface area contributed by atoms with E-state index in [-0.39, 0.29) is 23.7 Å². The Hall–Kier alpha value is -2.93. The van der Waals surface area contributed by atoms with Gasteiger partial charge in [-0.2, -0.15) is 0 Å². The van der Waals surface area contributed by atoms with Crippen LogP contribution in [0.3, 0.4) is 0 Å². The molecule has 1 amide bonds. The quantitative estimate of drug-likeness (QED) is 0.734. The van der Waals surface area contributed by atoms with Crippen LogP contribution in [0.2, 0.25) is 0 Å². The normalized spacial score (nSPS) is 16.2. The highest BCUT2D eigenvalue weighted by Crippen LogP contribution is 2.34. The van der Waals surface area contributed by atoms with Gasteiger partial charge in [0.2, 0.25) is 5.91 Å². The monoisotopic (exact) mass is 384 g/mol. The second-order valence-electron chi connectivity index (χ2n) is 7.10. The molecule has 4 rings (SSSR count). The third-order valence-electron chi connectivity index (χ3n) is 5.41. The minimum atomic E-state index is -0.560. The van der Waals surface area contributed by atoms with E-state index in [2.05, 4.69) is 5.32 Å². The summed E-state index contributed by atoms with van der Waals surface area (Å²) in [6.07, 6.45) is 1.46. The number of carbonyl (C=O) groups is 1. The van der Waals surface area contributed by atoms with Gasteiger partial charge in [0.15, 0.2) is 5.58 Å². The van der Waals surface area contributed by atoms with Crippen LogP contribution in [0, 0.1) is 5.82 Å². The Kier molecular flexibility index (Phi) is 5.00. The van der Waals surface area contributed by atoms with Crippen molar-refractivity contribution in [3.05, 3.63) is 70.5 Å². The zero-order chi connectivity index (χ0) is 19.6. The van der Waals surface area contributed by atoms with E-state index in [1.807, 2.05) is 0 Å². The van der Waals surface area contributed by atoms with Crippen LogP contribution in [0.15, 0.2) is 57.7 Å². The molecule has 2 aromatic carbocycles. The maximum absolute atomic E-state index is 13.3. The van der Waals surface area contributed by atoms with Gasteiger partial charge in [0.1, 0.15) is 12.4 Å². The van der Waals surface area contributed by atoms with Crippen molar-refractivity contribution in [2.24, 2.45) is 0 Å². The molecule has 1 aromatic heterocycles. The van der Waals surface area contributed by atoms with Crippen LogP contribution in [-0.2, 0) is 21.5 Å². The van der Waals surface area contributed by atoms with Gasteiger partial charge in [0.25, 0.3) is 0 Å². The summed E-state index contributed by atoms with van der Waals surface area (Å²) in [5.74, 6) is -1.13. The molecule has 0 saturated carbocycles. The number of benzene rings is 2. The maximum Gasteiger partial charge on any atom is 0.420 e. The summed E-state index contributed by atoms with van der Waals surface area (Å²) in [6.45, 7) is 1.44. The van der Waals surface area contributed by atoms with Gasteiger partial charge in [0.05, 0.1) is 5.52 Å². The molecule has 2 heterocycles. The first-order chi connectivity index (χ1) is 13.6. The number of para-hydroxylation sites is 2. The minimum absolute atomic E-state index is 0.119. The number of nitrogens with zero attached hydrogens (tertiary/aromatic N) is 1. The predicted octanol–water partition coefficient (Wildman–Crippen LogP) is 2.60. The molecule has 0 atom stereocenters. The first-order valence-electron chi connectivity index (χ1n) is 9.26. The Morgan fingerprint density at radius 2 is 1.82 bits per heavy atom. The molecule has 7 heteroatoms. The summed E-state index contributed by atoms with van der Waals surface area (Å²) < 4.78 is 25.3. The van der Waals surface area contributed by atoms with Crippen LogP contribution in [0.5, 0.6) is 0 Å². The van der Waals surface area contributed by atoms with Crippen molar-refractivity contribution < 1.29 is 18.3 Å². The van der Waals surface area contributed by atoms with E-state index in [0.717, 1.165) is 18.4 Å². The number of amides is 1. The van der Waals surface area contributed by atoms with Crippen molar-refractivity contribution in [1.82, 2.24) is 9.88 Å². The lowest BCUT2D eigenvalue weighted by atomic mass is 9.74. The lowest BCUT2D eigenvalue weighted by Gasteiger charge is -2.38. The van der Waals surface area contributed by atoms with E-state index in [0.29, 0.717) is 30.9 Å². The summed E-state index contributed by atoms with van der Waals surface area (Å²) in [5, 5.41) is 2.95. The van der Waals surface area contributed by atoms with E-state index < -0.39 is 5.76 Å². The zero-order valence-corrected chi connectivity index (χ0v) is 15.3. The Morgan fingerprint density at radius 1 is 1.11 bits per heavy atom. The maximum atomic E-state index is 13.3. The highest BCUT2D eigenvalue weighted by atomic mass is 19.1. The van der Waals surface area contributed by atoms with Gasteiger partial charge in [0, 0.05) is 25.2 Å². The Labute approximate surface area is 160 Å². The van der Waals surface area contributed by atoms with Crippen LogP contribution in [0.1, 0.15) is 18.4 Å². The summed E-state index contributed by atoms with van der Waals surface area (Å²) in [4.78, 5) is 24.6. The number of hydrogen-bond donors (Lipinski definition) is 1. The van der Waals surface area contributed by atoms with Crippen molar-refractivity contribution >= 4 is 17.0 Å². The topological polar surface area (TPSA) is 73.5 Å². The van der Waals surface area contributed by atoms with Crippen LogP contribution in [-0.4, -0.2) is 30.2 Å². The molecule has 0 spiro atoms. The van der Waals surface area contributed by atoms with Crippen LogP contribution in [0.25, 0.3) is 11.1 Å². The lowest BCUT2D eigenvalue weighted by Crippen LogP contribution is -2.45. The number of halogens is 1. The molecule has 1 aliphatic rings. The van der Waals surface area contributed by atoms with Crippen molar-refractivity contribution in [2.45, 2.75) is 24.8 Å². The van der Waals surface area contributed by atoms with Crippen molar-refractivity contribution in [3.63, 3.8) is 0 Å². The van der Waals surface area contributed by atoms with Crippen LogP contribution in [0.4, 0.5) is 4.39 Å². The lowest BCUT2D eigenvalue weighted by molar-refractivity contribution is -0.122. The number of oxazole rings is 1. The molecule has 1 aliphatic heterocycles. The minimum Gasteiger partial charge on any atom is -0.408 e. The smallest absolute Gasteiger partial charge is 0.408 e. The molecule has 1 N–H and O–H groups in total. The number of rotatable bonds is 5. The van der Waals surface area contributed by atoms with Crippen LogP contribution >= 0.6 is 0 Å². The largest absolute Gasteiger partial charge is 0.420 e. The average molecular weight is 384 g/mol. The van der Waals surface area contributed by atoms with Gasteiger partial charge < -0.3 is 14.5 Å². The van der Waals surface area contributed by atoms with E-state index >= 15 is 0 Å². The van der Waals surface area contributed by atoms with Gasteiger partial charge in [-0.15, -0.1) is 0 Å². The molecule has 0 bridgehead atoms. The summed E-state index contributed by atoms with van der Waals surface area (Å²) >= 11 is 0. The van der Waals surface area contributed by atoms with E-state index in [9.17, 15) is 14.0 Å². The second kappa shape index (κ2) is 7.59. The van der Waals surface area contributed by atoms with Crippen molar-refractivity contribution in [2.75, 3.05) is 19.8 Å². The summed E-state index contributed by atoms with van der Waals surface area (Å²) in [6, 6.07) is 13.4. The third-order valence-corrected chi connectivity index (χ3v) is 5.41. The highest BCUT2D eigenvalue weighted by molar-refractivity contribution is 5.79. The molecule has 146 valence electrons. The molecule has 3 aromatic rings. The van der Waals surface area contributed by atoms with Gasteiger partial charge in [-0.25, -0.2) is 9.18 Å². The standard InChI is InChI=1S/C21H21FN2O4/c22-16-7-5-15(6-8-16)21(9-11-27-12-10-21)14-23-19(25)13-24-17-3-1-2-4-18(17)28-20(24)26/h1-8H,9-14H2,(H,23,25). The Morgan fingerprint density at radius 3 is 2.57 bits per heavy atom. The number of ether oxygens (including phenoxy) is 1. The molecule has 6 nitrogen and oxygen atoms in total. The zero-order valence-electron chi connectivity index (χ0n) is 15.3. The predicted molar refractivity (Wildman–Crippen MR) is 102 cm³/mol. The van der Waals surface area contributed by atoms with Crippen molar-refractivity contribution in [3.8, 4) is 0 Å². The van der Waals surface area contributed by atoms with E-state index in [1.165, 1.54) is 16.7 Å². The highest BCUT2D eigenvalue weighted by Gasteiger charge is 2.35. The molecular weight excluding hydrogens is 363 g/mol. The summed E-state index contributed by atoms with van der Waals surface area (Å²) in [5.41, 5.74) is 1.70. The van der Waals surface area contributed by atoms with Gasteiger partial charge in [-0.1, -0.05) is 24.3 Å². The fourth-order valence-corrected chi connectivity index (χ4v) is 3.76. The van der Waals surface area contributed by atoms with Gasteiger partial charge in [-0.3, -0.25) is 9.36 Å². The van der Waals surface area contributed by atoms with E-state index in [4.69, 9.17) is 9.15 Å². The Bertz CT molecular complexity index is 1030. The number of aromatic nitrogens is 1. The second-order valence-corrected chi connectivity index (χ2v) is 7.10. The third kappa shape index (κ3) is 3.57. The molecule has 0 unspecified atom stereocenters. The van der Waals surface area contributed by atoms with Gasteiger partial charge in [-0.05, 0) is 42.7 Å². The number of hydrogen-bond acceptors (Lipinski definition) is 4. The summed E-state index contributed by atoms with van der Waals surface area (Å²) in [7, 11) is 0. The number of nitrogens with one attached hydrogen (secondary N) is 1. The molecule has 1 saturated heterocycles. The number of carbonyl (C=O) groups excluding carboxylic acids is 1. The fourth-order valence-electron chi connectivity index (χ4n) is 3.76. The fraction of sp³-hybridized carbons (Fsp3) is 0.333. The molecule has 0 radical (unpaired) electrons. The molecule has 28 heavy (non-hydrogen) atoms. The van der Waals surface area contributed by atoms with Crippen LogP contribution < -0.4 is 11.1 Å². The van der Waals surface area contributed by atoms with E-state index in [1.54, 1.807) is 36.4 Å². The first-order valence-corrected chi connectivity index (χ1v) is 9.26. The molecule has 1 fully saturated rings. The first kappa shape index (κ1) is 18.4. The van der Waals surface area contributed by atoms with Gasteiger partial charge >= 0.3 is 5.76 Å². The SMILES string of the molecule is O=C(Cn1c(=O)oc2ccccc21)NCC1(c2ccc(F)cc2)CCOCC1. The molecule has 0 aliphatic carbocycles. The Balaban J connectivity index is 1.51.